The highest BCUT2D eigenvalue weighted by atomic mass is 32.2. The second kappa shape index (κ2) is 8.74. The van der Waals surface area contributed by atoms with E-state index in [1.165, 1.54) is 16.0 Å². The van der Waals surface area contributed by atoms with Crippen LogP contribution in [0.5, 0.6) is 11.5 Å². The van der Waals surface area contributed by atoms with E-state index >= 15 is 0 Å². The molecule has 1 fully saturated rings. The molecular formula is C25H26N2O4S2. The monoisotopic (exact) mass is 482 g/mol. The molecule has 0 aliphatic carbocycles. The van der Waals surface area contributed by atoms with Crippen molar-refractivity contribution in [3.8, 4) is 16.5 Å². The molecule has 0 unspecified atom stereocenters. The van der Waals surface area contributed by atoms with Gasteiger partial charge in [-0.1, -0.05) is 6.07 Å². The lowest BCUT2D eigenvalue weighted by molar-refractivity contribution is 0.0486. The first-order valence-electron chi connectivity index (χ1n) is 11.4. The van der Waals surface area contributed by atoms with Crippen molar-refractivity contribution in [1.82, 2.24) is 9.88 Å². The van der Waals surface area contributed by atoms with Crippen LogP contribution in [0, 0.1) is 0 Å². The van der Waals surface area contributed by atoms with Gasteiger partial charge in [0.2, 0.25) is 6.79 Å². The standard InChI is InChI=1S/C25H26N2O4S2/c28-23(22-18-5-12-32-14-21(18)33-24(22)27-8-1-2-9-27)26-15-25(6-10-29-11-7-25)17-3-4-19-20(13-17)31-16-30-19/h1-4,8-9,13H,5-7,10-12,14-16H2,(H,26,28). The number of hydrogen-bond acceptors (Lipinski definition) is 6. The molecule has 0 bridgehead atoms. The van der Waals surface area contributed by atoms with Gasteiger partial charge in [-0.25, -0.2) is 0 Å². The molecule has 1 aromatic carbocycles. The van der Waals surface area contributed by atoms with Crippen LogP contribution in [0.1, 0.15) is 39.2 Å². The van der Waals surface area contributed by atoms with Gasteiger partial charge in [-0.05, 0) is 60.4 Å². The van der Waals surface area contributed by atoms with Gasteiger partial charge < -0.3 is 24.1 Å². The van der Waals surface area contributed by atoms with E-state index < -0.39 is 0 Å². The van der Waals surface area contributed by atoms with Crippen LogP contribution >= 0.6 is 23.1 Å². The van der Waals surface area contributed by atoms with Crippen molar-refractivity contribution < 1.29 is 19.0 Å². The highest BCUT2D eigenvalue weighted by molar-refractivity contribution is 7.98. The zero-order valence-electron chi connectivity index (χ0n) is 18.3. The van der Waals surface area contributed by atoms with Crippen LogP contribution < -0.4 is 14.8 Å². The molecule has 1 saturated heterocycles. The summed E-state index contributed by atoms with van der Waals surface area (Å²) in [6, 6.07) is 10.2. The highest BCUT2D eigenvalue weighted by Crippen LogP contribution is 2.41. The Kier molecular flexibility index (Phi) is 5.60. The molecule has 6 nitrogen and oxygen atoms in total. The number of carbonyl (C=O) groups is 1. The first kappa shape index (κ1) is 21.1. The summed E-state index contributed by atoms with van der Waals surface area (Å²) >= 11 is 3.69. The maximum absolute atomic E-state index is 13.7. The second-order valence-corrected chi connectivity index (χ2v) is 10.9. The number of thioether (sulfide) groups is 1. The third kappa shape index (κ3) is 3.84. The molecule has 33 heavy (non-hydrogen) atoms. The molecule has 0 spiro atoms. The van der Waals surface area contributed by atoms with Crippen LogP contribution in [0.2, 0.25) is 0 Å². The number of amides is 1. The number of ether oxygens (including phenoxy) is 3. The van der Waals surface area contributed by atoms with Crippen molar-refractivity contribution in [1.29, 1.82) is 0 Å². The fraction of sp³-hybridized carbons (Fsp3) is 0.400. The normalized spacial score (nSPS) is 18.7. The minimum Gasteiger partial charge on any atom is -0.454 e. The van der Waals surface area contributed by atoms with Crippen LogP contribution in [0.15, 0.2) is 42.7 Å². The summed E-state index contributed by atoms with van der Waals surface area (Å²) in [7, 11) is 0. The summed E-state index contributed by atoms with van der Waals surface area (Å²) in [6.45, 7) is 2.20. The van der Waals surface area contributed by atoms with Crippen molar-refractivity contribution >= 4 is 29.0 Å². The van der Waals surface area contributed by atoms with E-state index in [9.17, 15) is 4.79 Å². The molecule has 3 aliphatic heterocycles. The SMILES string of the molecule is O=C(NCC1(c2ccc3c(c2)OCO3)CCOCC1)c1c(-n2cccc2)sc2c1CCSC2. The average Bonchev–Trinajstić information content (AvgIpc) is 3.61. The third-order valence-corrected chi connectivity index (χ3v) is 9.30. The Balaban J connectivity index is 1.31. The van der Waals surface area contributed by atoms with Crippen molar-refractivity contribution in [2.45, 2.75) is 30.4 Å². The molecule has 6 rings (SSSR count). The fourth-order valence-corrected chi connectivity index (χ4v) is 7.44. The number of nitrogens with one attached hydrogen (secondary N) is 1. The molecule has 5 heterocycles. The largest absolute Gasteiger partial charge is 0.454 e. The van der Waals surface area contributed by atoms with E-state index in [1.54, 1.807) is 11.3 Å². The Morgan fingerprint density at radius 2 is 1.94 bits per heavy atom. The summed E-state index contributed by atoms with van der Waals surface area (Å²) in [5.74, 6) is 3.64. The predicted octanol–water partition coefficient (Wildman–Crippen LogP) is 4.54. The Morgan fingerprint density at radius 3 is 2.79 bits per heavy atom. The Hall–Kier alpha value is -2.42. The topological polar surface area (TPSA) is 61.7 Å². The Bertz CT molecular complexity index is 1170. The summed E-state index contributed by atoms with van der Waals surface area (Å²) in [6.07, 6.45) is 6.70. The highest BCUT2D eigenvalue weighted by Gasteiger charge is 2.37. The number of thiophene rings is 1. The number of hydrogen-bond donors (Lipinski definition) is 1. The zero-order valence-corrected chi connectivity index (χ0v) is 19.9. The number of fused-ring (bicyclic) bond motifs is 2. The molecule has 2 aromatic heterocycles. The quantitative estimate of drug-likeness (QED) is 0.579. The third-order valence-electron chi connectivity index (χ3n) is 6.89. The number of rotatable bonds is 5. The average molecular weight is 483 g/mol. The lowest BCUT2D eigenvalue weighted by Crippen LogP contribution is -2.44. The molecule has 3 aromatic rings. The number of aromatic nitrogens is 1. The Morgan fingerprint density at radius 1 is 1.12 bits per heavy atom. The van der Waals surface area contributed by atoms with Gasteiger partial charge in [-0.15, -0.1) is 11.3 Å². The van der Waals surface area contributed by atoms with Crippen molar-refractivity contribution in [3.63, 3.8) is 0 Å². The first-order chi connectivity index (χ1) is 16.2. The van der Waals surface area contributed by atoms with E-state index in [1.807, 2.05) is 42.4 Å². The maximum atomic E-state index is 13.7. The lowest BCUT2D eigenvalue weighted by atomic mass is 9.74. The molecular weight excluding hydrogens is 456 g/mol. The smallest absolute Gasteiger partial charge is 0.254 e. The van der Waals surface area contributed by atoms with Crippen molar-refractivity contribution in [3.05, 3.63) is 64.3 Å². The molecule has 8 heteroatoms. The predicted molar refractivity (Wildman–Crippen MR) is 130 cm³/mol. The van der Waals surface area contributed by atoms with Crippen LogP contribution in [-0.4, -0.2) is 42.8 Å². The van der Waals surface area contributed by atoms with E-state index in [2.05, 4.69) is 22.0 Å². The van der Waals surface area contributed by atoms with Gasteiger partial charge >= 0.3 is 0 Å². The molecule has 1 amide bonds. The van der Waals surface area contributed by atoms with E-state index in [-0.39, 0.29) is 18.1 Å². The number of nitrogens with zero attached hydrogens (tertiary/aromatic N) is 1. The minimum atomic E-state index is -0.186. The molecule has 172 valence electrons. The number of carbonyl (C=O) groups excluding carboxylic acids is 1. The number of benzene rings is 1. The van der Waals surface area contributed by atoms with Gasteiger partial charge in [0.05, 0.1) is 5.56 Å². The van der Waals surface area contributed by atoms with Crippen molar-refractivity contribution in [2.24, 2.45) is 0 Å². The van der Waals surface area contributed by atoms with Gasteiger partial charge in [-0.2, -0.15) is 11.8 Å². The van der Waals surface area contributed by atoms with Crippen LogP contribution in [-0.2, 0) is 22.3 Å². The van der Waals surface area contributed by atoms with Gasteiger partial charge in [0.15, 0.2) is 11.5 Å². The van der Waals surface area contributed by atoms with Crippen LogP contribution in [0.25, 0.3) is 5.00 Å². The summed E-state index contributed by atoms with van der Waals surface area (Å²) in [5, 5.41) is 4.36. The van der Waals surface area contributed by atoms with E-state index in [0.717, 1.165) is 52.8 Å². The maximum Gasteiger partial charge on any atom is 0.254 e. The van der Waals surface area contributed by atoms with Gasteiger partial charge in [-0.3, -0.25) is 4.79 Å². The fourth-order valence-electron chi connectivity index (χ4n) is 5.00. The van der Waals surface area contributed by atoms with Crippen LogP contribution in [0.3, 0.4) is 0 Å². The summed E-state index contributed by atoms with van der Waals surface area (Å²) in [5.41, 5.74) is 3.06. The zero-order chi connectivity index (χ0) is 22.3. The summed E-state index contributed by atoms with van der Waals surface area (Å²) in [4.78, 5) is 15.0. The van der Waals surface area contributed by atoms with Crippen LogP contribution in [0.4, 0.5) is 0 Å². The molecule has 0 radical (unpaired) electrons. The Labute approximate surface area is 201 Å². The second-order valence-electron chi connectivity index (χ2n) is 8.72. The van der Waals surface area contributed by atoms with Gasteiger partial charge in [0, 0.05) is 48.2 Å². The van der Waals surface area contributed by atoms with Gasteiger partial charge in [0.1, 0.15) is 5.00 Å². The molecule has 0 atom stereocenters. The van der Waals surface area contributed by atoms with E-state index in [4.69, 9.17) is 14.2 Å². The minimum absolute atomic E-state index is 0.0229. The van der Waals surface area contributed by atoms with E-state index in [0.29, 0.717) is 19.8 Å². The molecule has 1 N–H and O–H groups in total. The molecule has 3 aliphatic rings. The first-order valence-corrected chi connectivity index (χ1v) is 13.3. The van der Waals surface area contributed by atoms with Crippen molar-refractivity contribution in [2.75, 3.05) is 32.3 Å². The summed E-state index contributed by atoms with van der Waals surface area (Å²) < 4.78 is 18.9. The van der Waals surface area contributed by atoms with Gasteiger partial charge in [0.25, 0.3) is 5.91 Å². The lowest BCUT2D eigenvalue weighted by Gasteiger charge is -2.38. The molecule has 0 saturated carbocycles.